The molecule has 0 spiro atoms. The first-order chi connectivity index (χ1) is 8.97. The van der Waals surface area contributed by atoms with E-state index in [1.54, 1.807) is 30.6 Å². The number of carbonyl (C=O) groups is 1. The molecule has 0 atom stereocenters. The lowest BCUT2D eigenvalue weighted by Gasteiger charge is -2.16. The fourth-order valence-electron chi connectivity index (χ4n) is 1.49. The minimum atomic E-state index is -0.222. The second-order valence-corrected chi connectivity index (χ2v) is 5.24. The average molecular weight is 256 g/mol. The van der Waals surface area contributed by atoms with Crippen molar-refractivity contribution in [2.75, 3.05) is 5.32 Å². The molecule has 0 radical (unpaired) electrons. The molecule has 0 saturated heterocycles. The number of nitrogens with one attached hydrogen (secondary N) is 1. The molecule has 0 aliphatic carbocycles. The van der Waals surface area contributed by atoms with Crippen molar-refractivity contribution in [3.05, 3.63) is 47.9 Å². The van der Waals surface area contributed by atoms with Gasteiger partial charge in [-0.15, -0.1) is 5.10 Å². The van der Waals surface area contributed by atoms with Crippen LogP contribution in [0.25, 0.3) is 0 Å². The summed E-state index contributed by atoms with van der Waals surface area (Å²) in [5, 5.41) is 10.8. The Morgan fingerprint density at radius 1 is 1.05 bits per heavy atom. The number of aromatic nitrogens is 3. The molecule has 0 bridgehead atoms. The maximum atomic E-state index is 11.9. The lowest BCUT2D eigenvalue weighted by Crippen LogP contribution is -2.17. The summed E-state index contributed by atoms with van der Waals surface area (Å²) in [4.78, 5) is 15.8. The van der Waals surface area contributed by atoms with Crippen molar-refractivity contribution in [3.8, 4) is 0 Å². The number of rotatable bonds is 2. The molecule has 2 aromatic rings. The van der Waals surface area contributed by atoms with Crippen molar-refractivity contribution in [1.82, 2.24) is 15.2 Å². The molecule has 0 saturated carbocycles. The second-order valence-electron chi connectivity index (χ2n) is 5.24. The monoisotopic (exact) mass is 256 g/mol. The Morgan fingerprint density at radius 2 is 1.74 bits per heavy atom. The van der Waals surface area contributed by atoms with Crippen molar-refractivity contribution < 1.29 is 4.79 Å². The Labute approximate surface area is 112 Å². The van der Waals surface area contributed by atoms with Gasteiger partial charge in [0.1, 0.15) is 0 Å². The zero-order chi connectivity index (χ0) is 13.9. The molecule has 0 aliphatic rings. The first-order valence-electron chi connectivity index (χ1n) is 6.02. The summed E-state index contributed by atoms with van der Waals surface area (Å²) in [5.41, 5.74) is 1.37. The lowest BCUT2D eigenvalue weighted by atomic mass is 9.92. The fraction of sp³-hybridized carbons (Fsp3) is 0.286. The van der Waals surface area contributed by atoms with E-state index < -0.39 is 0 Å². The van der Waals surface area contributed by atoms with Crippen molar-refractivity contribution in [3.63, 3.8) is 0 Å². The van der Waals surface area contributed by atoms with E-state index in [1.807, 2.05) is 6.07 Å². The molecule has 2 rings (SSSR count). The number of nitrogens with zero attached hydrogens (tertiary/aromatic N) is 3. The van der Waals surface area contributed by atoms with Crippen LogP contribution in [-0.4, -0.2) is 21.1 Å². The summed E-state index contributed by atoms with van der Waals surface area (Å²) >= 11 is 0. The molecule has 0 aromatic carbocycles. The Hall–Kier alpha value is -2.30. The van der Waals surface area contributed by atoms with Crippen LogP contribution in [0.2, 0.25) is 0 Å². The average Bonchev–Trinajstić information content (AvgIpc) is 2.39. The molecule has 2 heterocycles. The van der Waals surface area contributed by atoms with Crippen LogP contribution in [0.3, 0.4) is 0 Å². The summed E-state index contributed by atoms with van der Waals surface area (Å²) in [6.45, 7) is 6.19. The maximum absolute atomic E-state index is 11.9. The van der Waals surface area contributed by atoms with Crippen LogP contribution in [0.15, 0.2) is 36.7 Å². The zero-order valence-corrected chi connectivity index (χ0v) is 11.2. The third kappa shape index (κ3) is 3.34. The molecule has 1 amide bonds. The molecule has 19 heavy (non-hydrogen) atoms. The van der Waals surface area contributed by atoms with Gasteiger partial charge in [0.15, 0.2) is 5.82 Å². The Bertz CT molecular complexity index is 558. The molecule has 5 heteroatoms. The predicted molar refractivity (Wildman–Crippen MR) is 72.9 cm³/mol. The standard InChI is InChI=1S/C14H16N4O/c1-14(2,3)11-4-5-12(18-17-11)16-13(19)10-6-8-15-9-7-10/h4-9H,1-3H3,(H,16,18,19). The van der Waals surface area contributed by atoms with E-state index in [-0.39, 0.29) is 11.3 Å². The van der Waals surface area contributed by atoms with Crippen molar-refractivity contribution in [1.29, 1.82) is 0 Å². The van der Waals surface area contributed by atoms with Gasteiger partial charge in [-0.25, -0.2) is 0 Å². The van der Waals surface area contributed by atoms with E-state index in [9.17, 15) is 4.79 Å². The van der Waals surface area contributed by atoms with E-state index in [1.165, 1.54) is 0 Å². The van der Waals surface area contributed by atoms with Gasteiger partial charge in [-0.3, -0.25) is 9.78 Å². The highest BCUT2D eigenvalue weighted by Crippen LogP contribution is 2.19. The normalized spacial score (nSPS) is 11.1. The molecule has 0 unspecified atom stereocenters. The summed E-state index contributed by atoms with van der Waals surface area (Å²) in [6.07, 6.45) is 3.15. The smallest absolute Gasteiger partial charge is 0.256 e. The predicted octanol–water partition coefficient (Wildman–Crippen LogP) is 2.42. The number of hydrogen-bond acceptors (Lipinski definition) is 4. The summed E-state index contributed by atoms with van der Waals surface area (Å²) in [7, 11) is 0. The number of carbonyl (C=O) groups excluding carboxylic acids is 1. The molecule has 98 valence electrons. The molecule has 1 N–H and O–H groups in total. The second kappa shape index (κ2) is 5.14. The number of anilines is 1. The minimum absolute atomic E-state index is 0.0549. The topological polar surface area (TPSA) is 67.8 Å². The van der Waals surface area contributed by atoms with E-state index in [4.69, 9.17) is 0 Å². The molecular formula is C14H16N4O. The van der Waals surface area contributed by atoms with Gasteiger partial charge in [0.2, 0.25) is 0 Å². The number of hydrogen-bond donors (Lipinski definition) is 1. The molecule has 0 aliphatic heterocycles. The van der Waals surface area contributed by atoms with Crippen LogP contribution >= 0.6 is 0 Å². The highest BCUT2D eigenvalue weighted by molar-refractivity contribution is 6.03. The van der Waals surface area contributed by atoms with Crippen LogP contribution < -0.4 is 5.32 Å². The van der Waals surface area contributed by atoms with Crippen molar-refractivity contribution in [2.24, 2.45) is 0 Å². The third-order valence-corrected chi connectivity index (χ3v) is 2.62. The molecule has 0 fully saturated rings. The van der Waals surface area contributed by atoms with Gasteiger partial charge in [-0.1, -0.05) is 20.8 Å². The lowest BCUT2D eigenvalue weighted by molar-refractivity contribution is 0.102. The SMILES string of the molecule is CC(C)(C)c1ccc(NC(=O)c2ccncc2)nn1. The molecular weight excluding hydrogens is 240 g/mol. The quantitative estimate of drug-likeness (QED) is 0.896. The van der Waals surface area contributed by atoms with Gasteiger partial charge >= 0.3 is 0 Å². The van der Waals surface area contributed by atoms with E-state index in [0.717, 1.165) is 5.69 Å². The zero-order valence-electron chi connectivity index (χ0n) is 11.2. The summed E-state index contributed by atoms with van der Waals surface area (Å²) < 4.78 is 0. The Kier molecular flexibility index (Phi) is 3.55. The first kappa shape index (κ1) is 13.1. The van der Waals surface area contributed by atoms with E-state index in [2.05, 4.69) is 41.3 Å². The van der Waals surface area contributed by atoms with Gasteiger partial charge in [-0.2, -0.15) is 5.10 Å². The van der Waals surface area contributed by atoms with Crippen LogP contribution in [0.4, 0.5) is 5.82 Å². The van der Waals surface area contributed by atoms with Crippen LogP contribution in [0, 0.1) is 0 Å². The van der Waals surface area contributed by atoms with Crippen molar-refractivity contribution >= 4 is 11.7 Å². The Balaban J connectivity index is 2.10. The van der Waals surface area contributed by atoms with Gasteiger partial charge in [0.25, 0.3) is 5.91 Å². The number of pyridine rings is 1. The Morgan fingerprint density at radius 3 is 2.26 bits per heavy atom. The van der Waals surface area contributed by atoms with E-state index >= 15 is 0 Å². The van der Waals surface area contributed by atoms with Gasteiger partial charge in [-0.05, 0) is 24.3 Å². The molecule has 2 aromatic heterocycles. The largest absolute Gasteiger partial charge is 0.305 e. The van der Waals surface area contributed by atoms with Gasteiger partial charge in [0, 0.05) is 23.4 Å². The van der Waals surface area contributed by atoms with Gasteiger partial charge < -0.3 is 5.32 Å². The maximum Gasteiger partial charge on any atom is 0.256 e. The first-order valence-corrected chi connectivity index (χ1v) is 6.02. The summed E-state index contributed by atoms with van der Waals surface area (Å²) in [5.74, 6) is 0.218. The minimum Gasteiger partial charge on any atom is -0.305 e. The van der Waals surface area contributed by atoms with E-state index in [0.29, 0.717) is 11.4 Å². The van der Waals surface area contributed by atoms with Gasteiger partial charge in [0.05, 0.1) is 5.69 Å². The number of amides is 1. The summed E-state index contributed by atoms with van der Waals surface area (Å²) in [6, 6.07) is 6.92. The van der Waals surface area contributed by atoms with Crippen molar-refractivity contribution in [2.45, 2.75) is 26.2 Å². The highest BCUT2D eigenvalue weighted by atomic mass is 16.1. The third-order valence-electron chi connectivity index (χ3n) is 2.62. The highest BCUT2D eigenvalue weighted by Gasteiger charge is 2.16. The van der Waals surface area contributed by atoms with Crippen LogP contribution in [0.1, 0.15) is 36.8 Å². The fourth-order valence-corrected chi connectivity index (χ4v) is 1.49. The van der Waals surface area contributed by atoms with Crippen LogP contribution in [-0.2, 0) is 5.41 Å². The van der Waals surface area contributed by atoms with Crippen LogP contribution in [0.5, 0.6) is 0 Å². The molecule has 5 nitrogen and oxygen atoms in total.